The van der Waals surface area contributed by atoms with Crippen molar-refractivity contribution in [1.82, 2.24) is 9.78 Å². The number of carbonyl (C=O) groups is 2. The summed E-state index contributed by atoms with van der Waals surface area (Å²) in [4.78, 5) is 25.3. The van der Waals surface area contributed by atoms with Crippen molar-refractivity contribution in [3.63, 3.8) is 0 Å². The topological polar surface area (TPSA) is 85.2 Å². The molecule has 0 bridgehead atoms. The lowest BCUT2D eigenvalue weighted by Crippen LogP contribution is -2.35. The molecule has 2 amide bonds. The van der Waals surface area contributed by atoms with Crippen molar-refractivity contribution in [2.75, 3.05) is 17.7 Å². The molecule has 0 radical (unpaired) electrons. The molecule has 0 aliphatic carbocycles. The predicted molar refractivity (Wildman–Crippen MR) is 106 cm³/mol. The summed E-state index contributed by atoms with van der Waals surface area (Å²) in [5, 5.41) is 10.1. The summed E-state index contributed by atoms with van der Waals surface area (Å²) < 4.78 is 19.9. The van der Waals surface area contributed by atoms with Crippen molar-refractivity contribution < 1.29 is 18.7 Å². The first-order valence-corrected chi connectivity index (χ1v) is 9.09. The molecule has 29 heavy (non-hydrogen) atoms. The second-order valence-corrected chi connectivity index (χ2v) is 6.68. The second-order valence-electron chi connectivity index (χ2n) is 6.68. The van der Waals surface area contributed by atoms with E-state index in [0.29, 0.717) is 17.2 Å². The van der Waals surface area contributed by atoms with E-state index in [1.54, 1.807) is 7.11 Å². The van der Waals surface area contributed by atoms with Crippen molar-refractivity contribution in [1.29, 1.82) is 0 Å². The van der Waals surface area contributed by atoms with Gasteiger partial charge >= 0.3 is 0 Å². The van der Waals surface area contributed by atoms with E-state index >= 15 is 0 Å². The van der Waals surface area contributed by atoms with Crippen LogP contribution in [-0.2, 0) is 20.9 Å². The molecule has 2 heterocycles. The Morgan fingerprint density at radius 2 is 1.97 bits per heavy atom. The van der Waals surface area contributed by atoms with E-state index in [2.05, 4.69) is 15.7 Å². The van der Waals surface area contributed by atoms with Crippen LogP contribution in [0.1, 0.15) is 18.2 Å². The number of ether oxygens (including phenoxy) is 1. The number of nitrogens with one attached hydrogen (secondary N) is 2. The van der Waals surface area contributed by atoms with E-state index in [0.717, 1.165) is 11.1 Å². The fraction of sp³-hybridized carbons (Fsp3) is 0.190. The third-order valence-corrected chi connectivity index (χ3v) is 4.67. The largest absolute Gasteiger partial charge is 0.378 e. The van der Waals surface area contributed by atoms with Crippen molar-refractivity contribution in [3.05, 3.63) is 66.1 Å². The van der Waals surface area contributed by atoms with Crippen LogP contribution in [0.2, 0.25) is 0 Å². The molecule has 148 valence electrons. The Hall–Kier alpha value is -3.52. The van der Waals surface area contributed by atoms with Crippen LogP contribution in [0, 0.1) is 5.82 Å². The monoisotopic (exact) mass is 394 g/mol. The van der Waals surface area contributed by atoms with Crippen LogP contribution in [0.25, 0.3) is 11.1 Å². The molecule has 1 aliphatic heterocycles. The number of rotatable bonds is 5. The minimum atomic E-state index is -0.836. The Morgan fingerprint density at radius 3 is 2.66 bits per heavy atom. The summed E-state index contributed by atoms with van der Waals surface area (Å²) >= 11 is 0. The molecule has 2 aromatic carbocycles. The number of hydrogen-bond donors (Lipinski definition) is 2. The molecule has 0 spiro atoms. The van der Waals surface area contributed by atoms with Crippen LogP contribution in [0.4, 0.5) is 15.9 Å². The third-order valence-electron chi connectivity index (χ3n) is 4.67. The van der Waals surface area contributed by atoms with Crippen LogP contribution in [0.5, 0.6) is 0 Å². The zero-order valence-electron chi connectivity index (χ0n) is 15.7. The van der Waals surface area contributed by atoms with Gasteiger partial charge in [-0.1, -0.05) is 30.3 Å². The average Bonchev–Trinajstić information content (AvgIpc) is 3.07. The van der Waals surface area contributed by atoms with Gasteiger partial charge in [0, 0.05) is 18.4 Å². The Bertz CT molecular complexity index is 1050. The van der Waals surface area contributed by atoms with Gasteiger partial charge in [-0.2, -0.15) is 5.10 Å². The first-order chi connectivity index (χ1) is 14.1. The summed E-state index contributed by atoms with van der Waals surface area (Å²) in [5.41, 5.74) is 2.65. The van der Waals surface area contributed by atoms with E-state index in [4.69, 9.17) is 4.74 Å². The standard InChI is InChI=1S/C21H19FN4O3/c1-29-12-16-19(13-5-3-2-4-6-13)20-24-18(27)11-17(26(20)25-16)21(28)23-15-9-7-14(22)8-10-15/h2-10,17H,11-12H2,1H3,(H,23,28)(H,24,27)/t17-/m1/s1. The van der Waals surface area contributed by atoms with Crippen molar-refractivity contribution in [2.45, 2.75) is 19.1 Å². The first-order valence-electron chi connectivity index (χ1n) is 9.09. The third kappa shape index (κ3) is 3.74. The van der Waals surface area contributed by atoms with Crippen LogP contribution < -0.4 is 10.6 Å². The minimum absolute atomic E-state index is 0.0532. The number of anilines is 2. The van der Waals surface area contributed by atoms with Gasteiger partial charge in [-0.05, 0) is 29.8 Å². The number of aromatic nitrogens is 2. The lowest BCUT2D eigenvalue weighted by Gasteiger charge is -2.24. The van der Waals surface area contributed by atoms with Crippen molar-refractivity contribution in [3.8, 4) is 11.1 Å². The number of halogens is 1. The highest BCUT2D eigenvalue weighted by molar-refractivity contribution is 6.03. The van der Waals surface area contributed by atoms with Crippen molar-refractivity contribution in [2.24, 2.45) is 0 Å². The van der Waals surface area contributed by atoms with Gasteiger partial charge in [0.15, 0.2) is 0 Å². The second kappa shape index (κ2) is 7.84. The van der Waals surface area contributed by atoms with Crippen molar-refractivity contribution >= 4 is 23.3 Å². The molecule has 3 aromatic rings. The number of methoxy groups -OCH3 is 1. The summed E-state index contributed by atoms with van der Waals surface area (Å²) in [6, 6.07) is 14.1. The van der Waals surface area contributed by atoms with Gasteiger partial charge in [0.1, 0.15) is 17.7 Å². The molecule has 0 saturated heterocycles. The maximum absolute atomic E-state index is 13.1. The molecule has 7 nitrogen and oxygen atoms in total. The van der Waals surface area contributed by atoms with Crippen LogP contribution in [0.3, 0.4) is 0 Å². The van der Waals surface area contributed by atoms with E-state index in [9.17, 15) is 14.0 Å². The summed E-state index contributed by atoms with van der Waals surface area (Å²) in [5.74, 6) is -0.624. The Morgan fingerprint density at radius 1 is 1.24 bits per heavy atom. The zero-order chi connectivity index (χ0) is 20.4. The molecule has 2 N–H and O–H groups in total. The van der Waals surface area contributed by atoms with Crippen LogP contribution in [-0.4, -0.2) is 28.7 Å². The van der Waals surface area contributed by atoms with Gasteiger partial charge in [-0.25, -0.2) is 9.07 Å². The minimum Gasteiger partial charge on any atom is -0.378 e. The highest BCUT2D eigenvalue weighted by atomic mass is 19.1. The normalized spacial score (nSPS) is 15.5. The predicted octanol–water partition coefficient (Wildman–Crippen LogP) is 3.36. The number of fused-ring (bicyclic) bond motifs is 1. The first kappa shape index (κ1) is 18.8. The highest BCUT2D eigenvalue weighted by Crippen LogP contribution is 2.37. The lowest BCUT2D eigenvalue weighted by molar-refractivity contribution is -0.125. The molecule has 4 rings (SSSR count). The maximum atomic E-state index is 13.1. The molecule has 0 saturated carbocycles. The van der Waals surface area contributed by atoms with E-state index in [1.807, 2.05) is 30.3 Å². The number of hydrogen-bond acceptors (Lipinski definition) is 4. The van der Waals surface area contributed by atoms with Gasteiger partial charge in [-0.15, -0.1) is 0 Å². The highest BCUT2D eigenvalue weighted by Gasteiger charge is 2.35. The fourth-order valence-electron chi connectivity index (χ4n) is 3.38. The summed E-state index contributed by atoms with van der Waals surface area (Å²) in [6.07, 6.45) is -0.0532. The number of nitrogens with zero attached hydrogens (tertiary/aromatic N) is 2. The zero-order valence-corrected chi connectivity index (χ0v) is 15.7. The SMILES string of the molecule is COCc1nn2c(c1-c1ccccc1)NC(=O)C[C@@H]2C(=O)Nc1ccc(F)cc1. The fourth-order valence-corrected chi connectivity index (χ4v) is 3.38. The van der Waals surface area contributed by atoms with Crippen LogP contribution in [0.15, 0.2) is 54.6 Å². The van der Waals surface area contributed by atoms with E-state index in [1.165, 1.54) is 28.9 Å². The average molecular weight is 394 g/mol. The van der Waals surface area contributed by atoms with Gasteiger partial charge in [0.2, 0.25) is 11.8 Å². The molecule has 1 atom stereocenters. The molecular formula is C21H19FN4O3. The van der Waals surface area contributed by atoms with Gasteiger partial charge in [0.25, 0.3) is 0 Å². The van der Waals surface area contributed by atoms with E-state index < -0.39 is 17.8 Å². The molecule has 1 aromatic heterocycles. The Balaban J connectivity index is 1.73. The molecular weight excluding hydrogens is 375 g/mol. The maximum Gasteiger partial charge on any atom is 0.249 e. The lowest BCUT2D eigenvalue weighted by atomic mass is 10.0. The smallest absolute Gasteiger partial charge is 0.249 e. The quantitative estimate of drug-likeness (QED) is 0.695. The summed E-state index contributed by atoms with van der Waals surface area (Å²) in [6.45, 7) is 0.229. The van der Waals surface area contributed by atoms with E-state index in [-0.39, 0.29) is 18.9 Å². The number of benzene rings is 2. The summed E-state index contributed by atoms with van der Waals surface area (Å²) in [7, 11) is 1.56. The molecule has 1 aliphatic rings. The number of amides is 2. The van der Waals surface area contributed by atoms with Gasteiger partial charge in [-0.3, -0.25) is 9.59 Å². The van der Waals surface area contributed by atoms with Gasteiger partial charge in [0.05, 0.1) is 18.7 Å². The number of carbonyl (C=O) groups excluding carboxylic acids is 2. The molecule has 0 fully saturated rings. The molecule has 8 heteroatoms. The Kier molecular flexibility index (Phi) is 5.09. The molecule has 0 unspecified atom stereocenters. The van der Waals surface area contributed by atoms with Gasteiger partial charge < -0.3 is 15.4 Å². The Labute approximate surface area is 166 Å². The van der Waals surface area contributed by atoms with Crippen LogP contribution >= 0.6 is 0 Å².